The van der Waals surface area contributed by atoms with E-state index in [1.54, 1.807) is 0 Å². The van der Waals surface area contributed by atoms with Gasteiger partial charge in [0.25, 0.3) is 5.91 Å². The van der Waals surface area contributed by atoms with E-state index in [0.29, 0.717) is 5.56 Å². The molecule has 6 nitrogen and oxygen atoms in total. The average molecular weight is 306 g/mol. The second-order valence-electron chi connectivity index (χ2n) is 3.86. The van der Waals surface area contributed by atoms with Crippen molar-refractivity contribution in [2.75, 3.05) is 6.61 Å². The summed E-state index contributed by atoms with van der Waals surface area (Å²) in [7, 11) is 0. The van der Waals surface area contributed by atoms with Crippen molar-refractivity contribution in [2.45, 2.75) is 19.3 Å². The molecule has 0 bridgehead atoms. The SMILES string of the molecule is NC(=O)O[C@H](COC(F)F)C(=O)NCc1ccc(F)cc1. The van der Waals surface area contributed by atoms with Crippen LogP contribution in [0, 0.1) is 5.82 Å². The Labute approximate surface area is 118 Å². The van der Waals surface area contributed by atoms with Gasteiger partial charge in [-0.05, 0) is 17.7 Å². The van der Waals surface area contributed by atoms with Crippen LogP contribution in [0.5, 0.6) is 0 Å². The Morgan fingerprint density at radius 2 is 1.86 bits per heavy atom. The van der Waals surface area contributed by atoms with Crippen LogP contribution in [-0.4, -0.2) is 31.3 Å². The molecule has 0 fully saturated rings. The minimum Gasteiger partial charge on any atom is -0.434 e. The van der Waals surface area contributed by atoms with E-state index in [9.17, 15) is 22.8 Å². The highest BCUT2D eigenvalue weighted by Crippen LogP contribution is 2.04. The molecule has 0 aliphatic carbocycles. The molecule has 0 aromatic heterocycles. The maximum absolute atomic E-state index is 12.7. The zero-order valence-corrected chi connectivity index (χ0v) is 10.7. The van der Waals surface area contributed by atoms with Crippen LogP contribution in [0.15, 0.2) is 24.3 Å². The van der Waals surface area contributed by atoms with Gasteiger partial charge in [-0.2, -0.15) is 8.78 Å². The normalized spacial score (nSPS) is 12.0. The summed E-state index contributed by atoms with van der Waals surface area (Å²) in [6, 6.07) is 5.24. The number of amides is 2. The third kappa shape index (κ3) is 6.61. The summed E-state index contributed by atoms with van der Waals surface area (Å²) in [5, 5.41) is 2.33. The van der Waals surface area contributed by atoms with Crippen molar-refractivity contribution in [3.05, 3.63) is 35.6 Å². The Hall–Kier alpha value is -2.29. The third-order valence-electron chi connectivity index (χ3n) is 2.30. The number of benzene rings is 1. The first kappa shape index (κ1) is 16.8. The summed E-state index contributed by atoms with van der Waals surface area (Å²) >= 11 is 0. The first-order valence-corrected chi connectivity index (χ1v) is 5.76. The van der Waals surface area contributed by atoms with E-state index in [1.165, 1.54) is 24.3 Å². The molecule has 1 rings (SSSR count). The predicted octanol–water partition coefficient (Wildman–Crippen LogP) is 1.14. The summed E-state index contributed by atoms with van der Waals surface area (Å²) in [4.78, 5) is 22.3. The van der Waals surface area contributed by atoms with Crippen LogP contribution in [-0.2, 0) is 20.8 Å². The lowest BCUT2D eigenvalue weighted by Gasteiger charge is -2.16. The molecule has 116 valence electrons. The lowest BCUT2D eigenvalue weighted by molar-refractivity contribution is -0.158. The zero-order chi connectivity index (χ0) is 15.8. The van der Waals surface area contributed by atoms with E-state index in [0.717, 1.165) is 0 Å². The van der Waals surface area contributed by atoms with Crippen molar-refractivity contribution >= 4 is 12.0 Å². The minimum absolute atomic E-state index is 0.00753. The average Bonchev–Trinajstić information content (AvgIpc) is 2.42. The van der Waals surface area contributed by atoms with Gasteiger partial charge >= 0.3 is 12.7 Å². The number of carbonyl (C=O) groups excluding carboxylic acids is 2. The Balaban J connectivity index is 2.54. The molecular formula is C12H13F3N2O4. The van der Waals surface area contributed by atoms with E-state index < -0.39 is 37.1 Å². The van der Waals surface area contributed by atoms with Crippen LogP contribution in [0.2, 0.25) is 0 Å². The van der Waals surface area contributed by atoms with Gasteiger partial charge in [-0.25, -0.2) is 9.18 Å². The van der Waals surface area contributed by atoms with Gasteiger partial charge in [-0.3, -0.25) is 4.79 Å². The van der Waals surface area contributed by atoms with Gasteiger partial charge in [0.2, 0.25) is 6.10 Å². The molecule has 21 heavy (non-hydrogen) atoms. The number of hydrogen-bond acceptors (Lipinski definition) is 4. The fraction of sp³-hybridized carbons (Fsp3) is 0.333. The highest BCUT2D eigenvalue weighted by atomic mass is 19.3. The number of rotatable bonds is 7. The van der Waals surface area contributed by atoms with Gasteiger partial charge in [0.1, 0.15) is 5.82 Å². The number of nitrogens with two attached hydrogens (primary N) is 1. The van der Waals surface area contributed by atoms with Crippen LogP contribution >= 0.6 is 0 Å². The predicted molar refractivity (Wildman–Crippen MR) is 64.7 cm³/mol. The summed E-state index contributed by atoms with van der Waals surface area (Å²) in [6.45, 7) is -3.96. The molecule has 0 unspecified atom stereocenters. The molecule has 0 spiro atoms. The van der Waals surface area contributed by atoms with E-state index >= 15 is 0 Å². The highest BCUT2D eigenvalue weighted by Gasteiger charge is 2.23. The number of alkyl halides is 2. The van der Waals surface area contributed by atoms with Crippen LogP contribution < -0.4 is 11.1 Å². The van der Waals surface area contributed by atoms with E-state index in [4.69, 9.17) is 5.73 Å². The zero-order valence-electron chi connectivity index (χ0n) is 10.7. The molecule has 2 amide bonds. The quantitative estimate of drug-likeness (QED) is 0.790. The molecule has 0 saturated heterocycles. The molecule has 0 radical (unpaired) electrons. The minimum atomic E-state index is -3.12. The molecule has 0 aliphatic heterocycles. The number of ether oxygens (including phenoxy) is 2. The van der Waals surface area contributed by atoms with Gasteiger partial charge in [0.05, 0.1) is 6.61 Å². The van der Waals surface area contributed by atoms with E-state index in [-0.39, 0.29) is 6.54 Å². The topological polar surface area (TPSA) is 90.7 Å². The lowest BCUT2D eigenvalue weighted by Crippen LogP contribution is -2.41. The molecule has 1 aromatic rings. The first-order valence-electron chi connectivity index (χ1n) is 5.76. The molecule has 1 atom stereocenters. The standard InChI is InChI=1S/C12H13F3N2O4/c13-8-3-1-7(2-4-8)5-17-10(18)9(21-12(16)19)6-20-11(14)15/h1-4,9,11H,5-6H2,(H2,16,19)(H,17,18)/t9-/m1/s1. The molecule has 1 aromatic carbocycles. The fourth-order valence-corrected chi connectivity index (χ4v) is 1.37. The fourth-order valence-electron chi connectivity index (χ4n) is 1.37. The molecule has 9 heteroatoms. The Bertz CT molecular complexity index is 482. The van der Waals surface area contributed by atoms with Crippen LogP contribution in [0.3, 0.4) is 0 Å². The van der Waals surface area contributed by atoms with Crippen molar-refractivity contribution in [1.82, 2.24) is 5.32 Å². The molecule has 0 saturated carbocycles. The van der Waals surface area contributed by atoms with Crippen molar-refractivity contribution < 1.29 is 32.2 Å². The van der Waals surface area contributed by atoms with Gasteiger partial charge in [-0.15, -0.1) is 0 Å². The Kier molecular flexibility index (Phi) is 6.47. The smallest absolute Gasteiger partial charge is 0.405 e. The maximum atomic E-state index is 12.7. The lowest BCUT2D eigenvalue weighted by atomic mass is 10.2. The summed E-state index contributed by atoms with van der Waals surface area (Å²) in [5.74, 6) is -1.30. The monoisotopic (exact) mass is 306 g/mol. The second-order valence-corrected chi connectivity index (χ2v) is 3.86. The van der Waals surface area contributed by atoms with Crippen molar-refractivity contribution in [1.29, 1.82) is 0 Å². The molecule has 0 aliphatic rings. The van der Waals surface area contributed by atoms with Crippen molar-refractivity contribution in [3.8, 4) is 0 Å². The number of hydrogen-bond donors (Lipinski definition) is 2. The largest absolute Gasteiger partial charge is 0.434 e. The molecule has 0 heterocycles. The summed E-state index contributed by atoms with van der Waals surface area (Å²) in [5.41, 5.74) is 5.30. The van der Waals surface area contributed by atoms with Gasteiger partial charge in [-0.1, -0.05) is 12.1 Å². The first-order chi connectivity index (χ1) is 9.88. The Morgan fingerprint density at radius 3 is 2.38 bits per heavy atom. The van der Waals surface area contributed by atoms with Crippen molar-refractivity contribution in [3.63, 3.8) is 0 Å². The van der Waals surface area contributed by atoms with Gasteiger partial charge in [0, 0.05) is 6.54 Å². The second kappa shape index (κ2) is 8.10. The van der Waals surface area contributed by atoms with E-state index in [2.05, 4.69) is 14.8 Å². The third-order valence-corrected chi connectivity index (χ3v) is 2.30. The highest BCUT2D eigenvalue weighted by molar-refractivity contribution is 5.83. The Morgan fingerprint density at radius 1 is 1.24 bits per heavy atom. The van der Waals surface area contributed by atoms with Crippen LogP contribution in [0.1, 0.15) is 5.56 Å². The van der Waals surface area contributed by atoms with E-state index in [1.807, 2.05) is 0 Å². The van der Waals surface area contributed by atoms with Crippen LogP contribution in [0.25, 0.3) is 0 Å². The maximum Gasteiger partial charge on any atom is 0.405 e. The molecule has 3 N–H and O–H groups in total. The summed E-state index contributed by atoms with van der Waals surface area (Å²) < 4.78 is 44.8. The van der Waals surface area contributed by atoms with Crippen molar-refractivity contribution in [2.24, 2.45) is 5.73 Å². The van der Waals surface area contributed by atoms with Gasteiger partial charge in [0.15, 0.2) is 0 Å². The van der Waals surface area contributed by atoms with Gasteiger partial charge < -0.3 is 20.5 Å². The number of nitrogens with one attached hydrogen (secondary N) is 1. The van der Waals surface area contributed by atoms with Crippen LogP contribution in [0.4, 0.5) is 18.0 Å². The number of primary amides is 1. The molecular weight excluding hydrogens is 293 g/mol. The number of halogens is 3. The summed E-state index contributed by atoms with van der Waals surface area (Å²) in [6.07, 6.45) is -2.90. The number of carbonyl (C=O) groups is 2.